The summed E-state index contributed by atoms with van der Waals surface area (Å²) < 4.78 is 1.53. The van der Waals surface area contributed by atoms with Crippen molar-refractivity contribution in [3.05, 3.63) is 34.4 Å². The molecule has 0 aliphatic carbocycles. The average Bonchev–Trinajstić information content (AvgIpc) is 2.84. The van der Waals surface area contributed by atoms with E-state index in [9.17, 15) is 4.79 Å². The van der Waals surface area contributed by atoms with Crippen molar-refractivity contribution in [3.63, 3.8) is 0 Å². The minimum absolute atomic E-state index is 0.0526. The van der Waals surface area contributed by atoms with E-state index < -0.39 is 0 Å². The molecule has 1 unspecified atom stereocenters. The summed E-state index contributed by atoms with van der Waals surface area (Å²) in [5, 5.41) is 3.17. The Balaban J connectivity index is 2.02. The maximum atomic E-state index is 11.8. The van der Waals surface area contributed by atoms with Gasteiger partial charge in [-0.25, -0.2) is 9.50 Å². The van der Waals surface area contributed by atoms with Crippen molar-refractivity contribution in [2.45, 2.75) is 45.2 Å². The Morgan fingerprint density at radius 3 is 2.95 bits per heavy atom. The zero-order valence-corrected chi connectivity index (χ0v) is 11.5. The molecule has 2 aromatic rings. The van der Waals surface area contributed by atoms with Crippen LogP contribution in [-0.4, -0.2) is 32.1 Å². The van der Waals surface area contributed by atoms with Crippen LogP contribution in [0.25, 0.3) is 5.65 Å². The van der Waals surface area contributed by atoms with E-state index in [0.29, 0.717) is 17.7 Å². The molecule has 5 nitrogen and oxygen atoms in total. The number of nitrogens with zero attached hydrogens (tertiary/aromatic N) is 3. The number of likely N-dealkylation sites (tertiary alicyclic amines) is 1. The van der Waals surface area contributed by atoms with E-state index >= 15 is 0 Å². The first-order chi connectivity index (χ1) is 9.16. The molecule has 0 amide bonds. The number of nitrogens with one attached hydrogen (secondary N) is 1. The van der Waals surface area contributed by atoms with Crippen LogP contribution in [0.3, 0.4) is 0 Å². The molecule has 1 N–H and O–H groups in total. The highest BCUT2D eigenvalue weighted by atomic mass is 16.1. The van der Waals surface area contributed by atoms with Gasteiger partial charge in [-0.3, -0.25) is 14.8 Å². The number of fused-ring (bicyclic) bond motifs is 1. The summed E-state index contributed by atoms with van der Waals surface area (Å²) in [6, 6.07) is 5.96. The number of rotatable bonds is 2. The molecule has 1 saturated heterocycles. The van der Waals surface area contributed by atoms with Gasteiger partial charge in [-0.05, 0) is 39.3 Å². The molecule has 0 spiro atoms. The Bertz CT molecular complexity index is 628. The molecule has 1 aliphatic rings. The molecule has 102 valence electrons. The van der Waals surface area contributed by atoms with Crippen LogP contribution in [0, 0.1) is 0 Å². The van der Waals surface area contributed by atoms with Crippen molar-refractivity contribution in [2.75, 3.05) is 6.54 Å². The van der Waals surface area contributed by atoms with Crippen molar-refractivity contribution in [3.8, 4) is 0 Å². The Kier molecular flexibility index (Phi) is 3.14. The molecule has 1 atom stereocenters. The van der Waals surface area contributed by atoms with Crippen LogP contribution < -0.4 is 5.56 Å². The summed E-state index contributed by atoms with van der Waals surface area (Å²) in [6.07, 6.45) is 3.57. The van der Waals surface area contributed by atoms with Gasteiger partial charge in [-0.15, -0.1) is 0 Å². The number of pyridine rings is 1. The Labute approximate surface area is 112 Å². The lowest BCUT2D eigenvalue weighted by Crippen LogP contribution is -2.39. The molecular formula is C14H20N4O. The standard InChI is InChI=1S/C14H20N4O/c1-10(2)17-9-4-3-6-11(17)14-15-12-7-5-8-13(19)18(12)16-14/h5,7-8,10-11H,3-4,6,9H2,1-2H3,(H,15,16). The fourth-order valence-corrected chi connectivity index (χ4v) is 2.96. The predicted octanol–water partition coefficient (Wildman–Crippen LogP) is 1.96. The van der Waals surface area contributed by atoms with Gasteiger partial charge in [0.2, 0.25) is 0 Å². The lowest BCUT2D eigenvalue weighted by atomic mass is 10.00. The predicted molar refractivity (Wildman–Crippen MR) is 74.2 cm³/mol. The average molecular weight is 260 g/mol. The third kappa shape index (κ3) is 2.18. The molecule has 19 heavy (non-hydrogen) atoms. The summed E-state index contributed by atoms with van der Waals surface area (Å²) in [6.45, 7) is 5.54. The number of piperidine rings is 1. The Hall–Kier alpha value is -1.62. The van der Waals surface area contributed by atoms with E-state index in [1.165, 1.54) is 17.4 Å². The molecule has 5 heteroatoms. The molecule has 3 heterocycles. The van der Waals surface area contributed by atoms with E-state index in [1.807, 2.05) is 6.07 Å². The van der Waals surface area contributed by atoms with E-state index in [-0.39, 0.29) is 5.56 Å². The number of hydrogen-bond acceptors (Lipinski definition) is 3. The fraction of sp³-hybridized carbons (Fsp3) is 0.571. The van der Waals surface area contributed by atoms with Gasteiger partial charge in [0, 0.05) is 12.1 Å². The van der Waals surface area contributed by atoms with Crippen molar-refractivity contribution >= 4 is 5.65 Å². The Morgan fingerprint density at radius 2 is 2.21 bits per heavy atom. The minimum Gasteiger partial charge on any atom is -0.291 e. The van der Waals surface area contributed by atoms with Gasteiger partial charge in [-0.2, -0.15) is 0 Å². The maximum Gasteiger partial charge on any atom is 0.271 e. The third-order valence-electron chi connectivity index (χ3n) is 3.92. The second-order valence-electron chi connectivity index (χ2n) is 5.51. The third-order valence-corrected chi connectivity index (χ3v) is 3.92. The van der Waals surface area contributed by atoms with Crippen LogP contribution in [0.4, 0.5) is 0 Å². The van der Waals surface area contributed by atoms with Crippen LogP contribution >= 0.6 is 0 Å². The SMILES string of the molecule is CC(C)N1CCCCC1c1nc2cccc(=O)n2[nH]1. The second-order valence-corrected chi connectivity index (χ2v) is 5.51. The van der Waals surface area contributed by atoms with Crippen molar-refractivity contribution < 1.29 is 0 Å². The van der Waals surface area contributed by atoms with E-state index in [0.717, 1.165) is 18.8 Å². The summed E-state index contributed by atoms with van der Waals surface area (Å²) >= 11 is 0. The molecule has 2 aromatic heterocycles. The quantitative estimate of drug-likeness (QED) is 0.898. The first kappa shape index (κ1) is 12.4. The normalized spacial score (nSPS) is 21.3. The summed E-state index contributed by atoms with van der Waals surface area (Å²) in [4.78, 5) is 18.8. The van der Waals surface area contributed by atoms with Crippen molar-refractivity contribution in [1.82, 2.24) is 19.5 Å². The number of aromatic nitrogens is 3. The fourth-order valence-electron chi connectivity index (χ4n) is 2.96. The van der Waals surface area contributed by atoms with Gasteiger partial charge >= 0.3 is 0 Å². The van der Waals surface area contributed by atoms with Gasteiger partial charge in [0.15, 0.2) is 5.65 Å². The van der Waals surface area contributed by atoms with Crippen molar-refractivity contribution in [2.24, 2.45) is 0 Å². The minimum atomic E-state index is -0.0526. The summed E-state index contributed by atoms with van der Waals surface area (Å²) in [5.74, 6) is 0.914. The number of H-pyrrole nitrogens is 1. The first-order valence-corrected chi connectivity index (χ1v) is 7.00. The van der Waals surface area contributed by atoms with Crippen LogP contribution in [-0.2, 0) is 0 Å². The van der Waals surface area contributed by atoms with Crippen LogP contribution in [0.2, 0.25) is 0 Å². The van der Waals surface area contributed by atoms with E-state index in [2.05, 4.69) is 28.8 Å². The van der Waals surface area contributed by atoms with Crippen molar-refractivity contribution in [1.29, 1.82) is 0 Å². The smallest absolute Gasteiger partial charge is 0.271 e. The Morgan fingerprint density at radius 1 is 1.37 bits per heavy atom. The number of aromatic amines is 1. The molecule has 0 saturated carbocycles. The molecule has 3 rings (SSSR count). The van der Waals surface area contributed by atoms with E-state index in [1.54, 1.807) is 12.1 Å². The lowest BCUT2D eigenvalue weighted by molar-refractivity contribution is 0.106. The van der Waals surface area contributed by atoms with Crippen LogP contribution in [0.15, 0.2) is 23.0 Å². The van der Waals surface area contributed by atoms with E-state index in [4.69, 9.17) is 0 Å². The highest BCUT2D eigenvalue weighted by molar-refractivity contribution is 5.36. The van der Waals surface area contributed by atoms with Gasteiger partial charge in [0.05, 0.1) is 6.04 Å². The zero-order chi connectivity index (χ0) is 13.4. The monoisotopic (exact) mass is 260 g/mol. The highest BCUT2D eigenvalue weighted by Crippen LogP contribution is 2.30. The van der Waals surface area contributed by atoms with Gasteiger partial charge < -0.3 is 0 Å². The van der Waals surface area contributed by atoms with Gasteiger partial charge in [0.25, 0.3) is 5.56 Å². The van der Waals surface area contributed by atoms with Gasteiger partial charge in [0.1, 0.15) is 5.82 Å². The molecule has 0 aromatic carbocycles. The summed E-state index contributed by atoms with van der Waals surface area (Å²) in [5.41, 5.74) is 0.653. The second kappa shape index (κ2) is 4.81. The van der Waals surface area contributed by atoms with Crippen LogP contribution in [0.1, 0.15) is 45.0 Å². The molecular weight excluding hydrogens is 240 g/mol. The zero-order valence-electron chi connectivity index (χ0n) is 11.5. The highest BCUT2D eigenvalue weighted by Gasteiger charge is 2.28. The van der Waals surface area contributed by atoms with Crippen LogP contribution in [0.5, 0.6) is 0 Å². The topological polar surface area (TPSA) is 53.4 Å². The lowest BCUT2D eigenvalue weighted by Gasteiger charge is -2.37. The maximum absolute atomic E-state index is 11.8. The largest absolute Gasteiger partial charge is 0.291 e. The molecule has 1 aliphatic heterocycles. The first-order valence-electron chi connectivity index (χ1n) is 7.00. The molecule has 1 fully saturated rings. The molecule has 0 bridgehead atoms. The van der Waals surface area contributed by atoms with Gasteiger partial charge in [-0.1, -0.05) is 12.5 Å². The summed E-state index contributed by atoms with van der Waals surface area (Å²) in [7, 11) is 0. The molecule has 0 radical (unpaired) electrons. The number of hydrogen-bond donors (Lipinski definition) is 1.